The van der Waals surface area contributed by atoms with Crippen LogP contribution in [0, 0.1) is 11.6 Å². The second-order valence-corrected chi connectivity index (χ2v) is 7.83. The van der Waals surface area contributed by atoms with E-state index in [4.69, 9.17) is 4.74 Å². The van der Waals surface area contributed by atoms with Crippen molar-refractivity contribution in [2.75, 3.05) is 0 Å². The summed E-state index contributed by atoms with van der Waals surface area (Å²) in [6.45, 7) is 6.98. The molecule has 0 unspecified atom stereocenters. The van der Waals surface area contributed by atoms with Crippen LogP contribution < -0.4 is 10.9 Å². The van der Waals surface area contributed by atoms with Crippen molar-refractivity contribution in [2.24, 2.45) is 0 Å². The van der Waals surface area contributed by atoms with Crippen molar-refractivity contribution in [2.45, 2.75) is 45.8 Å². The molecular formula is C22H23F2N3O3. The highest BCUT2D eigenvalue weighted by molar-refractivity contribution is 5.79. The minimum absolute atomic E-state index is 0.145. The van der Waals surface area contributed by atoms with E-state index in [2.05, 4.69) is 10.3 Å². The quantitative estimate of drug-likeness (QED) is 0.674. The lowest BCUT2D eigenvalue weighted by Crippen LogP contribution is -2.37. The molecule has 6 nitrogen and oxygen atoms in total. The number of carbonyl (C=O) groups is 1. The second kappa shape index (κ2) is 8.22. The number of rotatable bonds is 4. The Balaban J connectivity index is 2.22. The summed E-state index contributed by atoms with van der Waals surface area (Å²) >= 11 is 0. The van der Waals surface area contributed by atoms with Crippen molar-refractivity contribution >= 4 is 17.0 Å². The maximum atomic E-state index is 14.4. The van der Waals surface area contributed by atoms with Crippen LogP contribution in [0.4, 0.5) is 13.6 Å². The number of nitrogens with zero attached hydrogens (tertiary/aromatic N) is 2. The van der Waals surface area contributed by atoms with Gasteiger partial charge < -0.3 is 10.1 Å². The number of alkyl carbamates (subject to hydrolysis) is 1. The van der Waals surface area contributed by atoms with Gasteiger partial charge in [-0.1, -0.05) is 19.1 Å². The molecule has 0 bridgehead atoms. The van der Waals surface area contributed by atoms with Crippen molar-refractivity contribution in [3.8, 4) is 5.69 Å². The zero-order chi connectivity index (χ0) is 22.1. The lowest BCUT2D eigenvalue weighted by atomic mass is 10.1. The number of hydrogen-bond donors (Lipinski definition) is 1. The molecule has 1 heterocycles. The van der Waals surface area contributed by atoms with E-state index in [0.29, 0.717) is 6.42 Å². The zero-order valence-corrected chi connectivity index (χ0v) is 17.2. The average molecular weight is 415 g/mol. The molecule has 0 saturated heterocycles. The van der Waals surface area contributed by atoms with Crippen LogP contribution in [0.2, 0.25) is 0 Å². The van der Waals surface area contributed by atoms with Crippen LogP contribution in [0.15, 0.2) is 47.3 Å². The van der Waals surface area contributed by atoms with E-state index in [-0.39, 0.29) is 22.4 Å². The number of carbonyl (C=O) groups excluding carboxylic acids is 1. The van der Waals surface area contributed by atoms with E-state index in [1.807, 2.05) is 0 Å². The highest BCUT2D eigenvalue weighted by Crippen LogP contribution is 2.22. The molecule has 2 aromatic carbocycles. The van der Waals surface area contributed by atoms with Crippen molar-refractivity contribution in [3.63, 3.8) is 0 Å². The Morgan fingerprint density at radius 1 is 1.20 bits per heavy atom. The molecule has 0 aliphatic carbocycles. The minimum Gasteiger partial charge on any atom is -0.444 e. The summed E-state index contributed by atoms with van der Waals surface area (Å²) in [5, 5.41) is 2.49. The fourth-order valence-corrected chi connectivity index (χ4v) is 3.10. The van der Waals surface area contributed by atoms with E-state index in [1.165, 1.54) is 30.3 Å². The topological polar surface area (TPSA) is 73.2 Å². The summed E-state index contributed by atoms with van der Waals surface area (Å²) in [6, 6.07) is 8.73. The summed E-state index contributed by atoms with van der Waals surface area (Å²) in [5.41, 5.74) is -1.09. The lowest BCUT2D eigenvalue weighted by Gasteiger charge is -2.24. The van der Waals surface area contributed by atoms with Gasteiger partial charge in [-0.25, -0.2) is 18.6 Å². The van der Waals surface area contributed by atoms with E-state index in [0.717, 1.165) is 16.7 Å². The van der Waals surface area contributed by atoms with Gasteiger partial charge >= 0.3 is 6.09 Å². The first-order valence-corrected chi connectivity index (χ1v) is 9.57. The molecule has 158 valence electrons. The van der Waals surface area contributed by atoms with Crippen LogP contribution in [-0.2, 0) is 4.74 Å². The molecule has 1 atom stereocenters. The molecule has 0 spiro atoms. The van der Waals surface area contributed by atoms with Gasteiger partial charge in [0.15, 0.2) is 0 Å². The van der Waals surface area contributed by atoms with Crippen LogP contribution in [0.3, 0.4) is 0 Å². The summed E-state index contributed by atoms with van der Waals surface area (Å²) < 4.78 is 34.7. The highest BCUT2D eigenvalue weighted by Gasteiger charge is 2.25. The van der Waals surface area contributed by atoms with Gasteiger partial charge in [0.05, 0.1) is 17.2 Å². The van der Waals surface area contributed by atoms with Crippen LogP contribution in [0.5, 0.6) is 0 Å². The first kappa shape index (κ1) is 21.4. The lowest BCUT2D eigenvalue weighted by molar-refractivity contribution is 0.0499. The van der Waals surface area contributed by atoms with Gasteiger partial charge in [0, 0.05) is 0 Å². The Morgan fingerprint density at radius 2 is 1.90 bits per heavy atom. The third-order valence-electron chi connectivity index (χ3n) is 4.35. The number of ether oxygens (including phenoxy) is 1. The van der Waals surface area contributed by atoms with Gasteiger partial charge in [-0.15, -0.1) is 0 Å². The van der Waals surface area contributed by atoms with Crippen molar-refractivity contribution < 1.29 is 18.3 Å². The molecule has 0 saturated carbocycles. The van der Waals surface area contributed by atoms with E-state index < -0.39 is 34.9 Å². The minimum atomic E-state index is -0.733. The maximum absolute atomic E-state index is 14.4. The maximum Gasteiger partial charge on any atom is 0.408 e. The number of hydrogen-bond acceptors (Lipinski definition) is 4. The van der Waals surface area contributed by atoms with Crippen molar-refractivity contribution in [1.29, 1.82) is 0 Å². The Morgan fingerprint density at radius 3 is 2.53 bits per heavy atom. The van der Waals surface area contributed by atoms with Gasteiger partial charge in [0.25, 0.3) is 5.56 Å². The van der Waals surface area contributed by atoms with E-state index in [1.54, 1.807) is 27.7 Å². The fourth-order valence-electron chi connectivity index (χ4n) is 3.10. The first-order chi connectivity index (χ1) is 14.1. The number of amides is 1. The smallest absolute Gasteiger partial charge is 0.408 e. The van der Waals surface area contributed by atoms with Crippen LogP contribution in [0.25, 0.3) is 16.6 Å². The summed E-state index contributed by atoms with van der Waals surface area (Å²) in [5.74, 6) is -1.14. The van der Waals surface area contributed by atoms with E-state index in [9.17, 15) is 18.4 Å². The Bertz CT molecular complexity index is 1150. The zero-order valence-electron chi connectivity index (χ0n) is 17.2. The molecule has 0 aliphatic heterocycles. The second-order valence-electron chi connectivity index (χ2n) is 7.83. The van der Waals surface area contributed by atoms with Crippen molar-refractivity contribution in [3.05, 3.63) is 70.3 Å². The summed E-state index contributed by atoms with van der Waals surface area (Å²) in [6.07, 6.45) is -0.323. The monoisotopic (exact) mass is 415 g/mol. The number of benzene rings is 2. The number of nitrogens with one attached hydrogen (secondary N) is 1. The first-order valence-electron chi connectivity index (χ1n) is 9.57. The summed E-state index contributed by atoms with van der Waals surface area (Å²) in [4.78, 5) is 30.0. The Hall–Kier alpha value is -3.29. The normalized spacial score (nSPS) is 12.6. The molecule has 30 heavy (non-hydrogen) atoms. The molecule has 3 aromatic rings. The van der Waals surface area contributed by atoms with Crippen LogP contribution in [0.1, 0.15) is 46.0 Å². The predicted molar refractivity (Wildman–Crippen MR) is 110 cm³/mol. The third kappa shape index (κ3) is 4.48. The van der Waals surface area contributed by atoms with Gasteiger partial charge in [-0.05, 0) is 57.5 Å². The Labute approximate surface area is 172 Å². The number of fused-ring (bicyclic) bond motifs is 1. The molecule has 0 aliphatic rings. The predicted octanol–water partition coefficient (Wildman–Crippen LogP) is 4.64. The average Bonchev–Trinajstić information content (AvgIpc) is 2.64. The van der Waals surface area contributed by atoms with Gasteiger partial charge in [0.2, 0.25) is 0 Å². The largest absolute Gasteiger partial charge is 0.444 e. The molecule has 1 amide bonds. The number of aromatic nitrogens is 2. The molecule has 3 rings (SSSR count). The molecule has 0 radical (unpaired) electrons. The van der Waals surface area contributed by atoms with Crippen LogP contribution in [-0.4, -0.2) is 21.2 Å². The SMILES string of the molecule is CC[C@H](NC(=O)OC(C)(C)C)c1nc2cccc(F)c2c(=O)n1-c1cccc(F)c1. The van der Waals surface area contributed by atoms with Gasteiger partial charge in [-0.3, -0.25) is 9.36 Å². The van der Waals surface area contributed by atoms with Crippen molar-refractivity contribution in [1.82, 2.24) is 14.9 Å². The van der Waals surface area contributed by atoms with E-state index >= 15 is 0 Å². The molecular weight excluding hydrogens is 392 g/mol. The molecule has 1 N–H and O–H groups in total. The Kier molecular flexibility index (Phi) is 5.87. The third-order valence-corrected chi connectivity index (χ3v) is 4.35. The standard InChI is InChI=1S/C22H23F2N3O3/c1-5-16(26-21(29)30-22(2,3)4)19-25-17-11-7-10-15(24)18(17)20(28)27(19)14-9-6-8-13(23)12-14/h6-12,16H,5H2,1-4H3,(H,26,29)/t16-/m0/s1. The highest BCUT2D eigenvalue weighted by atomic mass is 19.1. The summed E-state index contributed by atoms with van der Waals surface area (Å²) in [7, 11) is 0. The van der Waals surface area contributed by atoms with Gasteiger partial charge in [-0.2, -0.15) is 0 Å². The molecule has 8 heteroatoms. The number of halogens is 2. The van der Waals surface area contributed by atoms with Crippen LogP contribution >= 0.6 is 0 Å². The molecule has 0 fully saturated rings. The molecule has 1 aromatic heterocycles. The fraction of sp³-hybridized carbons (Fsp3) is 0.318. The van der Waals surface area contributed by atoms with Gasteiger partial charge in [0.1, 0.15) is 28.4 Å².